The van der Waals surface area contributed by atoms with Gasteiger partial charge in [-0.3, -0.25) is 4.99 Å². The van der Waals surface area contributed by atoms with Crippen LogP contribution in [0.4, 0.5) is 5.69 Å². The van der Waals surface area contributed by atoms with Gasteiger partial charge in [-0.25, -0.2) is 14.3 Å². The van der Waals surface area contributed by atoms with Crippen molar-refractivity contribution in [3.8, 4) is 0 Å². The lowest BCUT2D eigenvalue weighted by Gasteiger charge is -2.29. The van der Waals surface area contributed by atoms with Gasteiger partial charge in [0, 0.05) is 23.0 Å². The zero-order valence-electron chi connectivity index (χ0n) is 17.0. The minimum Gasteiger partial charge on any atom is -0.398 e. The topological polar surface area (TPSA) is 88.5 Å². The maximum absolute atomic E-state index is 12.0. The van der Waals surface area contributed by atoms with Crippen LogP contribution in [0.3, 0.4) is 0 Å². The van der Waals surface area contributed by atoms with E-state index < -0.39 is 0 Å². The molecule has 3 heterocycles. The van der Waals surface area contributed by atoms with Gasteiger partial charge in [0.15, 0.2) is 5.65 Å². The van der Waals surface area contributed by atoms with Crippen molar-refractivity contribution in [1.82, 2.24) is 14.6 Å². The SMILES string of the molecule is Nc1cc(C2N=c3ccn4c(=O)[nH]nc4c3=CC2c2ccccc2)ccc1C1CCC1. The number of nitrogens with two attached hydrogens (primary N) is 1. The number of aromatic amines is 1. The molecule has 0 radical (unpaired) electrons. The molecule has 0 spiro atoms. The number of nitrogen functional groups attached to an aromatic ring is 1. The average molecular weight is 409 g/mol. The monoisotopic (exact) mass is 409 g/mol. The smallest absolute Gasteiger partial charge is 0.347 e. The first kappa shape index (κ1) is 18.1. The molecule has 6 nitrogen and oxygen atoms in total. The number of aromatic nitrogens is 3. The third kappa shape index (κ3) is 2.90. The fraction of sp³-hybridized carbons (Fsp3) is 0.240. The minimum absolute atomic E-state index is 0.0145. The van der Waals surface area contributed by atoms with E-state index in [1.54, 1.807) is 6.20 Å². The van der Waals surface area contributed by atoms with Crippen molar-refractivity contribution in [3.63, 3.8) is 0 Å². The average Bonchev–Trinajstić information content (AvgIpc) is 3.15. The number of pyridine rings is 1. The molecule has 6 heteroatoms. The van der Waals surface area contributed by atoms with Crippen molar-refractivity contribution in [3.05, 3.63) is 98.5 Å². The van der Waals surface area contributed by atoms with E-state index in [4.69, 9.17) is 10.7 Å². The van der Waals surface area contributed by atoms with Crippen LogP contribution in [0.15, 0.2) is 70.6 Å². The van der Waals surface area contributed by atoms with Gasteiger partial charge in [-0.05, 0) is 47.6 Å². The summed E-state index contributed by atoms with van der Waals surface area (Å²) in [4.78, 5) is 17.2. The van der Waals surface area contributed by atoms with E-state index in [1.807, 2.05) is 24.3 Å². The zero-order chi connectivity index (χ0) is 20.9. The van der Waals surface area contributed by atoms with Gasteiger partial charge < -0.3 is 5.73 Å². The quantitative estimate of drug-likeness (QED) is 0.510. The predicted molar refractivity (Wildman–Crippen MR) is 120 cm³/mol. The molecule has 31 heavy (non-hydrogen) atoms. The van der Waals surface area contributed by atoms with E-state index in [0.717, 1.165) is 21.8 Å². The highest BCUT2D eigenvalue weighted by Gasteiger charge is 2.28. The van der Waals surface area contributed by atoms with Crippen LogP contribution < -0.4 is 22.0 Å². The molecule has 1 aliphatic carbocycles. The van der Waals surface area contributed by atoms with Crippen LogP contribution in [0.2, 0.25) is 0 Å². The Morgan fingerprint density at radius 1 is 1.03 bits per heavy atom. The third-order valence-electron chi connectivity index (χ3n) is 6.75. The maximum Gasteiger partial charge on any atom is 0.347 e. The molecule has 154 valence electrons. The first-order valence-corrected chi connectivity index (χ1v) is 10.8. The normalized spacial score (nSPS) is 20.5. The first-order valence-electron chi connectivity index (χ1n) is 10.8. The van der Waals surface area contributed by atoms with Crippen LogP contribution in [0, 0.1) is 0 Å². The zero-order valence-corrected chi connectivity index (χ0v) is 17.0. The minimum atomic E-state index is -0.246. The highest BCUT2D eigenvalue weighted by molar-refractivity contribution is 5.56. The van der Waals surface area contributed by atoms with Gasteiger partial charge >= 0.3 is 5.69 Å². The Bertz CT molecular complexity index is 1460. The molecular formula is C25H23N5O. The number of H-pyrrole nitrogens is 1. The molecule has 2 unspecified atom stereocenters. The molecule has 2 aromatic heterocycles. The van der Waals surface area contributed by atoms with Crippen molar-refractivity contribution in [2.75, 3.05) is 5.73 Å². The lowest BCUT2D eigenvalue weighted by molar-refractivity contribution is 0.420. The fourth-order valence-corrected chi connectivity index (χ4v) is 4.86. The molecule has 2 aromatic carbocycles. The van der Waals surface area contributed by atoms with Gasteiger partial charge in [-0.2, -0.15) is 5.10 Å². The molecule has 1 fully saturated rings. The molecule has 6 rings (SSSR count). The Kier molecular flexibility index (Phi) is 4.06. The number of nitrogens with zero attached hydrogens (tertiary/aromatic N) is 3. The summed E-state index contributed by atoms with van der Waals surface area (Å²) in [7, 11) is 0. The van der Waals surface area contributed by atoms with Gasteiger partial charge in [-0.1, -0.05) is 55.0 Å². The van der Waals surface area contributed by atoms with E-state index in [1.165, 1.54) is 34.8 Å². The third-order valence-corrected chi connectivity index (χ3v) is 6.75. The molecule has 4 aromatic rings. The number of nitrogens with one attached hydrogen (secondary N) is 1. The summed E-state index contributed by atoms with van der Waals surface area (Å²) < 4.78 is 1.53. The number of hydrogen-bond donors (Lipinski definition) is 2. The van der Waals surface area contributed by atoms with Crippen LogP contribution in [0.1, 0.15) is 53.8 Å². The molecule has 0 saturated heterocycles. The summed E-state index contributed by atoms with van der Waals surface area (Å²) in [6, 6.07) is 18.6. The summed E-state index contributed by atoms with van der Waals surface area (Å²) in [5.74, 6) is 0.612. The Morgan fingerprint density at radius 3 is 2.61 bits per heavy atom. The number of hydrogen-bond acceptors (Lipinski definition) is 4. The number of anilines is 1. The van der Waals surface area contributed by atoms with Crippen LogP contribution >= 0.6 is 0 Å². The number of rotatable bonds is 3. The second kappa shape index (κ2) is 6.94. The largest absolute Gasteiger partial charge is 0.398 e. The Hall–Kier alpha value is -3.67. The van der Waals surface area contributed by atoms with Crippen LogP contribution in [0.5, 0.6) is 0 Å². The summed E-state index contributed by atoms with van der Waals surface area (Å²) in [5.41, 5.74) is 11.3. The highest BCUT2D eigenvalue weighted by Crippen LogP contribution is 2.42. The van der Waals surface area contributed by atoms with Crippen molar-refractivity contribution < 1.29 is 0 Å². The van der Waals surface area contributed by atoms with Gasteiger partial charge in [0.25, 0.3) is 0 Å². The van der Waals surface area contributed by atoms with E-state index in [2.05, 4.69) is 46.6 Å². The second-order valence-electron chi connectivity index (χ2n) is 8.53. The summed E-state index contributed by atoms with van der Waals surface area (Å²) in [6.07, 6.45) is 7.66. The first-order chi connectivity index (χ1) is 15.2. The molecule has 2 atom stereocenters. The van der Waals surface area contributed by atoms with Gasteiger partial charge in [0.05, 0.1) is 11.4 Å². The Balaban J connectivity index is 1.55. The lowest BCUT2D eigenvalue weighted by Crippen LogP contribution is -2.34. The standard InChI is InChI=1S/C25H23N5O/c26-21-13-17(9-10-18(21)15-7-4-8-15)23-19(16-5-2-1-3-6-16)14-20-22(27-23)11-12-30-24(20)28-29-25(30)31/h1-3,5-6,9-15,19,23H,4,7-8,26H2,(H,29,31). The van der Waals surface area contributed by atoms with E-state index >= 15 is 0 Å². The molecule has 0 bridgehead atoms. The van der Waals surface area contributed by atoms with Gasteiger partial charge in [-0.15, -0.1) is 0 Å². The fourth-order valence-electron chi connectivity index (χ4n) is 4.86. The molecule has 3 N–H and O–H groups in total. The summed E-state index contributed by atoms with van der Waals surface area (Å²) in [5, 5.41) is 8.49. The van der Waals surface area contributed by atoms with Gasteiger partial charge in [0.2, 0.25) is 0 Å². The predicted octanol–water partition coefficient (Wildman–Crippen LogP) is 2.81. The molecule has 1 aliphatic heterocycles. The van der Waals surface area contributed by atoms with Crippen molar-refractivity contribution in [2.45, 2.75) is 37.1 Å². The van der Waals surface area contributed by atoms with E-state index in [0.29, 0.717) is 11.6 Å². The Labute approximate surface area is 178 Å². The maximum atomic E-state index is 12.0. The molecule has 0 amide bonds. The lowest BCUT2D eigenvalue weighted by atomic mass is 9.78. The highest BCUT2D eigenvalue weighted by atomic mass is 16.1. The summed E-state index contributed by atoms with van der Waals surface area (Å²) >= 11 is 0. The van der Waals surface area contributed by atoms with Crippen molar-refractivity contribution in [2.24, 2.45) is 4.99 Å². The van der Waals surface area contributed by atoms with Gasteiger partial charge in [0.1, 0.15) is 0 Å². The van der Waals surface area contributed by atoms with E-state index in [9.17, 15) is 4.79 Å². The van der Waals surface area contributed by atoms with Crippen molar-refractivity contribution in [1.29, 1.82) is 0 Å². The molecule has 1 saturated carbocycles. The number of fused-ring (bicyclic) bond motifs is 3. The molecule has 2 aliphatic rings. The molecular weight excluding hydrogens is 386 g/mol. The van der Waals surface area contributed by atoms with Crippen LogP contribution in [-0.4, -0.2) is 14.6 Å². The number of benzene rings is 2. The van der Waals surface area contributed by atoms with Crippen LogP contribution in [0.25, 0.3) is 11.7 Å². The Morgan fingerprint density at radius 2 is 1.87 bits per heavy atom. The van der Waals surface area contributed by atoms with E-state index in [-0.39, 0.29) is 17.6 Å². The van der Waals surface area contributed by atoms with Crippen LogP contribution in [-0.2, 0) is 0 Å². The second-order valence-corrected chi connectivity index (χ2v) is 8.53. The summed E-state index contributed by atoms with van der Waals surface area (Å²) in [6.45, 7) is 0. The van der Waals surface area contributed by atoms with Crippen molar-refractivity contribution >= 4 is 17.4 Å².